The number of hydrogen-bond acceptors (Lipinski definition) is 2. The second-order valence-electron chi connectivity index (χ2n) is 5.17. The second-order valence-corrected chi connectivity index (χ2v) is 5.17. The lowest BCUT2D eigenvalue weighted by Gasteiger charge is -2.08. The molecule has 0 unspecified atom stereocenters. The Morgan fingerprint density at radius 1 is 0.857 bits per heavy atom. The maximum absolute atomic E-state index is 4.09. The Morgan fingerprint density at radius 2 is 1.71 bits per heavy atom. The molecule has 0 amide bonds. The van der Waals surface area contributed by atoms with Crippen molar-refractivity contribution in [2.75, 3.05) is 5.32 Å². The van der Waals surface area contributed by atoms with Gasteiger partial charge in [0.1, 0.15) is 0 Å². The van der Waals surface area contributed by atoms with E-state index in [1.54, 1.807) is 0 Å². The zero-order chi connectivity index (χ0) is 14.1. The molecule has 0 bridgehead atoms. The molecule has 0 fully saturated rings. The molecule has 3 heteroatoms. The fourth-order valence-electron chi connectivity index (χ4n) is 2.66. The lowest BCUT2D eigenvalue weighted by molar-refractivity contribution is 1.11. The smallest absolute Gasteiger partial charge is 0.0881 e. The fourth-order valence-corrected chi connectivity index (χ4v) is 2.66. The van der Waals surface area contributed by atoms with Crippen LogP contribution in [0.5, 0.6) is 0 Å². The summed E-state index contributed by atoms with van der Waals surface area (Å²) >= 11 is 0. The molecule has 0 saturated heterocycles. The van der Waals surface area contributed by atoms with Crippen LogP contribution in [-0.4, -0.2) is 10.2 Å². The average molecular weight is 273 g/mol. The maximum atomic E-state index is 4.09. The molecule has 2 N–H and O–H groups in total. The molecule has 0 aliphatic rings. The summed E-state index contributed by atoms with van der Waals surface area (Å²) in [6, 6.07) is 21.2. The number of aromatic amines is 1. The molecule has 1 heterocycles. The molecule has 0 saturated carbocycles. The Labute approximate surface area is 122 Å². The number of nitrogens with one attached hydrogen (secondary N) is 2. The molecule has 4 rings (SSSR count). The van der Waals surface area contributed by atoms with E-state index < -0.39 is 0 Å². The first-order chi connectivity index (χ1) is 10.4. The molecule has 0 spiro atoms. The zero-order valence-electron chi connectivity index (χ0n) is 11.5. The van der Waals surface area contributed by atoms with Gasteiger partial charge in [-0.3, -0.25) is 5.10 Å². The molecule has 21 heavy (non-hydrogen) atoms. The van der Waals surface area contributed by atoms with Gasteiger partial charge in [0.05, 0.1) is 17.4 Å². The van der Waals surface area contributed by atoms with Crippen LogP contribution in [0.3, 0.4) is 0 Å². The van der Waals surface area contributed by atoms with E-state index in [4.69, 9.17) is 0 Å². The van der Waals surface area contributed by atoms with Crippen LogP contribution >= 0.6 is 0 Å². The Kier molecular flexibility index (Phi) is 2.82. The van der Waals surface area contributed by atoms with E-state index in [1.165, 1.54) is 16.3 Å². The molecular formula is C18H15N3. The summed E-state index contributed by atoms with van der Waals surface area (Å²) in [5, 5.41) is 14.3. The third kappa shape index (κ3) is 2.23. The van der Waals surface area contributed by atoms with Gasteiger partial charge in [-0.2, -0.15) is 5.10 Å². The molecule has 0 atom stereocenters. The number of rotatable bonds is 3. The minimum Gasteiger partial charge on any atom is -0.379 e. The van der Waals surface area contributed by atoms with Crippen molar-refractivity contribution < 1.29 is 0 Å². The summed E-state index contributed by atoms with van der Waals surface area (Å²) in [7, 11) is 0. The van der Waals surface area contributed by atoms with Gasteiger partial charge in [0, 0.05) is 11.9 Å². The lowest BCUT2D eigenvalue weighted by Crippen LogP contribution is -1.99. The van der Waals surface area contributed by atoms with Gasteiger partial charge in [-0.1, -0.05) is 48.5 Å². The van der Waals surface area contributed by atoms with Gasteiger partial charge in [-0.05, 0) is 28.5 Å². The fraction of sp³-hybridized carbons (Fsp3) is 0.0556. The molecule has 0 aliphatic carbocycles. The van der Waals surface area contributed by atoms with Crippen molar-refractivity contribution in [3.63, 3.8) is 0 Å². The van der Waals surface area contributed by atoms with Gasteiger partial charge in [0.25, 0.3) is 0 Å². The minimum absolute atomic E-state index is 0.795. The Hall–Kier alpha value is -2.81. The summed E-state index contributed by atoms with van der Waals surface area (Å²) < 4.78 is 0. The number of benzene rings is 3. The predicted molar refractivity (Wildman–Crippen MR) is 87.4 cm³/mol. The van der Waals surface area contributed by atoms with E-state index in [9.17, 15) is 0 Å². The monoisotopic (exact) mass is 273 g/mol. The van der Waals surface area contributed by atoms with Crippen LogP contribution < -0.4 is 5.32 Å². The van der Waals surface area contributed by atoms with Crippen LogP contribution in [-0.2, 0) is 6.54 Å². The number of fused-ring (bicyclic) bond motifs is 2. The van der Waals surface area contributed by atoms with Crippen molar-refractivity contribution in [3.8, 4) is 0 Å². The van der Waals surface area contributed by atoms with Crippen LogP contribution in [0.25, 0.3) is 21.7 Å². The highest BCUT2D eigenvalue weighted by molar-refractivity contribution is 5.90. The van der Waals surface area contributed by atoms with Gasteiger partial charge < -0.3 is 5.32 Å². The SMILES string of the molecule is c1ccc2cc(CNc3cccc4cn[nH]c34)ccc2c1. The van der Waals surface area contributed by atoms with Crippen LogP contribution in [0.2, 0.25) is 0 Å². The number of anilines is 1. The van der Waals surface area contributed by atoms with Crippen molar-refractivity contribution >= 4 is 27.4 Å². The van der Waals surface area contributed by atoms with Crippen LogP contribution in [0.1, 0.15) is 5.56 Å². The number of hydrogen-bond donors (Lipinski definition) is 2. The second kappa shape index (κ2) is 4.94. The standard InChI is InChI=1S/C18H15N3/c1-2-5-15-10-13(8-9-14(15)4-1)11-19-17-7-3-6-16-12-20-21-18(16)17/h1-10,12,19H,11H2,(H,20,21). The van der Waals surface area contributed by atoms with E-state index in [2.05, 4.69) is 70.1 Å². The lowest BCUT2D eigenvalue weighted by atomic mass is 10.1. The van der Waals surface area contributed by atoms with E-state index in [0.29, 0.717) is 0 Å². The van der Waals surface area contributed by atoms with Crippen molar-refractivity contribution in [1.82, 2.24) is 10.2 Å². The molecule has 1 aromatic heterocycles. The first-order valence-corrected chi connectivity index (χ1v) is 7.04. The summed E-state index contributed by atoms with van der Waals surface area (Å²) in [4.78, 5) is 0. The first-order valence-electron chi connectivity index (χ1n) is 7.04. The number of nitrogens with zero attached hydrogens (tertiary/aromatic N) is 1. The van der Waals surface area contributed by atoms with Gasteiger partial charge >= 0.3 is 0 Å². The summed E-state index contributed by atoms with van der Waals surface area (Å²) in [6.45, 7) is 0.795. The van der Waals surface area contributed by atoms with Gasteiger partial charge in [0.15, 0.2) is 0 Å². The maximum Gasteiger partial charge on any atom is 0.0881 e. The average Bonchev–Trinajstić information content (AvgIpc) is 3.02. The summed E-state index contributed by atoms with van der Waals surface area (Å²) in [6.07, 6.45) is 1.84. The van der Waals surface area contributed by atoms with Gasteiger partial charge in [0.2, 0.25) is 0 Å². The number of para-hydroxylation sites is 1. The quantitative estimate of drug-likeness (QED) is 0.583. The Morgan fingerprint density at radius 3 is 2.67 bits per heavy atom. The van der Waals surface area contributed by atoms with Crippen LogP contribution in [0, 0.1) is 0 Å². The van der Waals surface area contributed by atoms with Crippen molar-refractivity contribution in [1.29, 1.82) is 0 Å². The topological polar surface area (TPSA) is 40.7 Å². The van der Waals surface area contributed by atoms with Crippen LogP contribution in [0.4, 0.5) is 5.69 Å². The van der Waals surface area contributed by atoms with Crippen molar-refractivity contribution in [2.45, 2.75) is 6.54 Å². The van der Waals surface area contributed by atoms with E-state index >= 15 is 0 Å². The molecule has 0 radical (unpaired) electrons. The highest BCUT2D eigenvalue weighted by Gasteiger charge is 2.02. The van der Waals surface area contributed by atoms with E-state index in [-0.39, 0.29) is 0 Å². The molecule has 102 valence electrons. The normalized spacial score (nSPS) is 11.0. The first kappa shape index (κ1) is 12.0. The predicted octanol–water partition coefficient (Wildman–Crippen LogP) is 4.33. The number of H-pyrrole nitrogens is 1. The summed E-state index contributed by atoms with van der Waals surface area (Å²) in [5.41, 5.74) is 3.40. The van der Waals surface area contributed by atoms with Crippen molar-refractivity contribution in [3.05, 3.63) is 72.4 Å². The largest absolute Gasteiger partial charge is 0.379 e. The molecule has 3 nitrogen and oxygen atoms in total. The Bertz CT molecular complexity index is 908. The number of aromatic nitrogens is 2. The zero-order valence-corrected chi connectivity index (χ0v) is 11.5. The minimum atomic E-state index is 0.795. The third-order valence-electron chi connectivity index (χ3n) is 3.77. The van der Waals surface area contributed by atoms with Gasteiger partial charge in [-0.15, -0.1) is 0 Å². The molecular weight excluding hydrogens is 258 g/mol. The highest BCUT2D eigenvalue weighted by Crippen LogP contribution is 2.22. The van der Waals surface area contributed by atoms with Gasteiger partial charge in [-0.25, -0.2) is 0 Å². The van der Waals surface area contributed by atoms with E-state index in [0.717, 1.165) is 23.1 Å². The van der Waals surface area contributed by atoms with Crippen molar-refractivity contribution in [2.24, 2.45) is 0 Å². The highest BCUT2D eigenvalue weighted by atomic mass is 15.1. The molecule has 4 aromatic rings. The molecule has 0 aliphatic heterocycles. The van der Waals surface area contributed by atoms with E-state index in [1.807, 2.05) is 12.3 Å². The molecule has 3 aromatic carbocycles. The third-order valence-corrected chi connectivity index (χ3v) is 3.77. The Balaban J connectivity index is 1.61. The summed E-state index contributed by atoms with van der Waals surface area (Å²) in [5.74, 6) is 0. The van der Waals surface area contributed by atoms with Crippen LogP contribution in [0.15, 0.2) is 66.9 Å².